The number of alkyl halides is 3. The fraction of sp³-hybridized carbons (Fsp3) is 0.478. The van der Waals surface area contributed by atoms with Crippen LogP contribution >= 0.6 is 0 Å². The standard InChI is InChI=1S/C23H27F3N2O2/c1-14(20-10-9-17(12-27-20)30-13-23(24,25)26)28-21(29)19-11-18(19)15-5-7-16(8-6-15)22(2,3)4/h5-10,12,14,18-19H,11,13H2,1-4H3,(H,28,29)/t14?,18-,19+/m0/s1. The van der Waals surface area contributed by atoms with Crippen LogP contribution in [0.3, 0.4) is 0 Å². The van der Waals surface area contributed by atoms with Crippen LogP contribution in [0.1, 0.15) is 62.9 Å². The number of hydrogen-bond donors (Lipinski definition) is 1. The molecule has 0 radical (unpaired) electrons. The molecule has 3 atom stereocenters. The van der Waals surface area contributed by atoms with E-state index in [1.165, 1.54) is 23.4 Å². The van der Waals surface area contributed by atoms with Gasteiger partial charge in [0.15, 0.2) is 6.61 Å². The van der Waals surface area contributed by atoms with E-state index in [4.69, 9.17) is 0 Å². The number of carbonyl (C=O) groups is 1. The van der Waals surface area contributed by atoms with Crippen molar-refractivity contribution in [2.24, 2.45) is 5.92 Å². The molecule has 1 aliphatic rings. The van der Waals surface area contributed by atoms with Gasteiger partial charge in [0.05, 0.1) is 17.9 Å². The van der Waals surface area contributed by atoms with Gasteiger partial charge >= 0.3 is 6.18 Å². The Morgan fingerprint density at radius 2 is 1.83 bits per heavy atom. The molecule has 0 bridgehead atoms. The Bertz CT molecular complexity index is 871. The molecule has 7 heteroatoms. The molecule has 1 unspecified atom stereocenters. The smallest absolute Gasteiger partial charge is 0.422 e. The molecule has 4 nitrogen and oxygen atoms in total. The first kappa shape index (κ1) is 22.1. The lowest BCUT2D eigenvalue weighted by Gasteiger charge is -2.19. The molecule has 1 aliphatic carbocycles. The van der Waals surface area contributed by atoms with Gasteiger partial charge in [-0.25, -0.2) is 0 Å². The van der Waals surface area contributed by atoms with Crippen molar-refractivity contribution in [3.8, 4) is 5.75 Å². The maximum atomic E-state index is 12.6. The van der Waals surface area contributed by atoms with E-state index < -0.39 is 12.8 Å². The van der Waals surface area contributed by atoms with Gasteiger partial charge in [-0.3, -0.25) is 9.78 Å². The van der Waals surface area contributed by atoms with E-state index in [0.29, 0.717) is 5.69 Å². The lowest BCUT2D eigenvalue weighted by atomic mass is 9.86. The summed E-state index contributed by atoms with van der Waals surface area (Å²) in [5, 5.41) is 2.95. The Morgan fingerprint density at radius 1 is 1.17 bits per heavy atom. The zero-order valence-electron chi connectivity index (χ0n) is 17.6. The minimum atomic E-state index is -4.40. The number of benzene rings is 1. The van der Waals surface area contributed by atoms with E-state index in [1.54, 1.807) is 13.0 Å². The van der Waals surface area contributed by atoms with Gasteiger partial charge in [-0.05, 0) is 47.9 Å². The first-order chi connectivity index (χ1) is 13.9. The third-order valence-electron chi connectivity index (χ3n) is 5.30. The summed E-state index contributed by atoms with van der Waals surface area (Å²) >= 11 is 0. The highest BCUT2D eigenvalue weighted by atomic mass is 19.4. The summed E-state index contributed by atoms with van der Waals surface area (Å²) in [5.41, 5.74) is 3.08. The molecular weight excluding hydrogens is 393 g/mol. The third kappa shape index (κ3) is 5.74. The van der Waals surface area contributed by atoms with Gasteiger partial charge in [-0.15, -0.1) is 0 Å². The predicted molar refractivity (Wildman–Crippen MR) is 108 cm³/mol. The Balaban J connectivity index is 1.53. The van der Waals surface area contributed by atoms with Crippen LogP contribution in [0.25, 0.3) is 0 Å². The molecule has 1 amide bonds. The van der Waals surface area contributed by atoms with E-state index in [-0.39, 0.29) is 34.9 Å². The van der Waals surface area contributed by atoms with Crippen molar-refractivity contribution in [1.82, 2.24) is 10.3 Å². The fourth-order valence-corrected chi connectivity index (χ4v) is 3.38. The van der Waals surface area contributed by atoms with Gasteiger partial charge in [0.1, 0.15) is 5.75 Å². The van der Waals surface area contributed by atoms with Crippen LogP contribution in [-0.2, 0) is 10.2 Å². The molecule has 1 aromatic carbocycles. The van der Waals surface area contributed by atoms with E-state index in [0.717, 1.165) is 6.42 Å². The molecule has 1 aromatic heterocycles. The number of rotatable bonds is 6. The number of nitrogens with zero attached hydrogens (tertiary/aromatic N) is 1. The zero-order chi connectivity index (χ0) is 22.1. The molecule has 0 spiro atoms. The van der Waals surface area contributed by atoms with Gasteiger partial charge in [0.25, 0.3) is 0 Å². The normalized spacial score (nSPS) is 19.8. The number of pyridine rings is 1. The lowest BCUT2D eigenvalue weighted by molar-refractivity contribution is -0.153. The largest absolute Gasteiger partial charge is 0.483 e. The maximum absolute atomic E-state index is 12.6. The lowest BCUT2D eigenvalue weighted by Crippen LogP contribution is -2.29. The molecule has 3 rings (SSSR count). The van der Waals surface area contributed by atoms with Gasteiger partial charge in [-0.2, -0.15) is 13.2 Å². The Labute approximate surface area is 174 Å². The van der Waals surface area contributed by atoms with E-state index >= 15 is 0 Å². The topological polar surface area (TPSA) is 51.2 Å². The van der Waals surface area contributed by atoms with Crippen LogP contribution in [0.5, 0.6) is 5.75 Å². The SMILES string of the molecule is CC(NC(=O)[C@@H]1C[C@H]1c1ccc(C(C)(C)C)cc1)c1ccc(OCC(F)(F)F)cn1. The molecule has 1 N–H and O–H groups in total. The summed E-state index contributed by atoms with van der Waals surface area (Å²) in [4.78, 5) is 16.7. The van der Waals surface area contributed by atoms with Crippen molar-refractivity contribution in [3.63, 3.8) is 0 Å². The van der Waals surface area contributed by atoms with Crippen LogP contribution in [0.4, 0.5) is 13.2 Å². The average molecular weight is 420 g/mol. The fourth-order valence-electron chi connectivity index (χ4n) is 3.38. The van der Waals surface area contributed by atoms with Gasteiger partial charge in [0.2, 0.25) is 5.91 Å². The third-order valence-corrected chi connectivity index (χ3v) is 5.30. The first-order valence-corrected chi connectivity index (χ1v) is 10.0. The first-order valence-electron chi connectivity index (χ1n) is 10.0. The quantitative estimate of drug-likeness (QED) is 0.690. The van der Waals surface area contributed by atoms with Crippen LogP contribution in [0, 0.1) is 5.92 Å². The van der Waals surface area contributed by atoms with Gasteiger partial charge in [0, 0.05) is 5.92 Å². The number of nitrogens with one attached hydrogen (secondary N) is 1. The highest BCUT2D eigenvalue weighted by Gasteiger charge is 2.44. The number of hydrogen-bond acceptors (Lipinski definition) is 3. The van der Waals surface area contributed by atoms with Crippen LogP contribution < -0.4 is 10.1 Å². The van der Waals surface area contributed by atoms with Crippen molar-refractivity contribution in [2.75, 3.05) is 6.61 Å². The molecule has 0 saturated heterocycles. The summed E-state index contributed by atoms with van der Waals surface area (Å²) in [6, 6.07) is 11.1. The Hall–Kier alpha value is -2.57. The second-order valence-corrected chi connectivity index (χ2v) is 8.87. The zero-order valence-corrected chi connectivity index (χ0v) is 17.6. The predicted octanol–water partition coefficient (Wildman–Crippen LogP) is 5.30. The molecular formula is C23H27F3N2O2. The molecule has 162 valence electrons. The summed E-state index contributed by atoms with van der Waals surface area (Å²) in [7, 11) is 0. The highest BCUT2D eigenvalue weighted by Crippen LogP contribution is 2.48. The Kier molecular flexibility index (Phi) is 6.11. The molecule has 30 heavy (non-hydrogen) atoms. The van der Waals surface area contributed by atoms with Crippen molar-refractivity contribution in [3.05, 3.63) is 59.4 Å². The summed E-state index contributed by atoms with van der Waals surface area (Å²) in [6.07, 6.45) is -2.35. The number of ether oxygens (including phenoxy) is 1. The number of halogens is 3. The maximum Gasteiger partial charge on any atom is 0.422 e. The Morgan fingerprint density at radius 3 is 2.37 bits per heavy atom. The number of aromatic nitrogens is 1. The van der Waals surface area contributed by atoms with E-state index in [9.17, 15) is 18.0 Å². The average Bonchev–Trinajstić information content (AvgIpc) is 3.46. The van der Waals surface area contributed by atoms with E-state index in [1.807, 2.05) is 0 Å². The molecule has 1 saturated carbocycles. The molecule has 1 fully saturated rings. The minimum Gasteiger partial charge on any atom is -0.483 e. The molecule has 1 heterocycles. The summed E-state index contributed by atoms with van der Waals surface area (Å²) in [6.45, 7) is 6.94. The van der Waals surface area contributed by atoms with Crippen molar-refractivity contribution in [2.45, 2.75) is 57.7 Å². The van der Waals surface area contributed by atoms with Gasteiger partial charge in [-0.1, -0.05) is 45.0 Å². The molecule has 0 aliphatic heterocycles. The van der Waals surface area contributed by atoms with Crippen molar-refractivity contribution < 1.29 is 22.7 Å². The number of carbonyl (C=O) groups excluding carboxylic acids is 1. The van der Waals surface area contributed by atoms with Crippen molar-refractivity contribution >= 4 is 5.91 Å². The van der Waals surface area contributed by atoms with Crippen LogP contribution in [0.15, 0.2) is 42.6 Å². The van der Waals surface area contributed by atoms with Crippen molar-refractivity contribution in [1.29, 1.82) is 0 Å². The number of amides is 1. The van der Waals surface area contributed by atoms with Gasteiger partial charge < -0.3 is 10.1 Å². The van der Waals surface area contributed by atoms with Crippen LogP contribution in [-0.4, -0.2) is 23.7 Å². The monoisotopic (exact) mass is 420 g/mol. The summed E-state index contributed by atoms with van der Waals surface area (Å²) < 4.78 is 41.3. The van der Waals surface area contributed by atoms with Crippen LogP contribution in [0.2, 0.25) is 0 Å². The molecule has 2 aromatic rings. The second-order valence-electron chi connectivity index (χ2n) is 8.87. The minimum absolute atomic E-state index is 0.0356. The second kappa shape index (κ2) is 8.28. The summed E-state index contributed by atoms with van der Waals surface area (Å²) in [5.74, 6) is 0.154. The highest BCUT2D eigenvalue weighted by molar-refractivity contribution is 5.83. The van der Waals surface area contributed by atoms with E-state index in [2.05, 4.69) is 60.1 Å².